The topological polar surface area (TPSA) is 199 Å². The Bertz CT molecular complexity index is 969. The molecule has 1 saturated heterocycles. The van der Waals surface area contributed by atoms with Crippen molar-refractivity contribution in [1.29, 1.82) is 0 Å². The number of benzene rings is 1. The molecular weight excluding hydrogens is 528 g/mol. The Balaban J connectivity index is 2.37. The van der Waals surface area contributed by atoms with E-state index in [1.165, 1.54) is 12.1 Å². The number of carboxylic acid groups (broad SMARTS) is 5. The second-order valence-corrected chi connectivity index (χ2v) is 10.0. The largest absolute Gasteiger partial charge is 0.480 e. The molecule has 0 amide bonds. The summed E-state index contributed by atoms with van der Waals surface area (Å²) in [6.45, 7) is 1.25. The predicted octanol–water partition coefficient (Wildman–Crippen LogP) is -0.506. The van der Waals surface area contributed by atoms with Crippen molar-refractivity contribution in [3.63, 3.8) is 0 Å². The fourth-order valence-corrected chi connectivity index (χ4v) is 4.89. The van der Waals surface area contributed by atoms with Crippen molar-refractivity contribution in [2.45, 2.75) is 12.8 Å². The molecule has 0 aliphatic carbocycles. The zero-order chi connectivity index (χ0) is 29.7. The summed E-state index contributed by atoms with van der Waals surface area (Å²) in [5, 5.41) is 47.0. The summed E-state index contributed by atoms with van der Waals surface area (Å²) >= 11 is 0. The number of rotatable bonds is 11. The fraction of sp³-hybridized carbons (Fsp3) is 0.577. The van der Waals surface area contributed by atoms with Gasteiger partial charge in [0.25, 0.3) is 0 Å². The highest BCUT2D eigenvalue weighted by Crippen LogP contribution is 2.15. The van der Waals surface area contributed by atoms with E-state index >= 15 is 0 Å². The van der Waals surface area contributed by atoms with Gasteiger partial charge in [-0.05, 0) is 36.5 Å². The summed E-state index contributed by atoms with van der Waals surface area (Å²) in [6.07, 6.45) is 0.886. The van der Waals surface area contributed by atoms with Gasteiger partial charge < -0.3 is 25.5 Å². The minimum absolute atomic E-state index is 0.117. The van der Waals surface area contributed by atoms with Crippen molar-refractivity contribution >= 4 is 29.8 Å². The molecule has 1 aromatic carbocycles. The van der Waals surface area contributed by atoms with E-state index in [9.17, 15) is 49.5 Å². The molecule has 2 rings (SSSR count). The van der Waals surface area contributed by atoms with Crippen LogP contribution in [-0.2, 0) is 25.6 Å². The van der Waals surface area contributed by atoms with Crippen LogP contribution in [0, 0.1) is 5.92 Å². The van der Waals surface area contributed by atoms with Crippen LogP contribution in [0.2, 0.25) is 0 Å². The third-order valence-corrected chi connectivity index (χ3v) is 6.61. The van der Waals surface area contributed by atoms with E-state index in [-0.39, 0.29) is 76.9 Å². The lowest BCUT2D eigenvalue weighted by atomic mass is 9.96. The third-order valence-electron chi connectivity index (χ3n) is 6.61. The maximum atomic E-state index is 11.7. The molecule has 14 heteroatoms. The normalized spacial score (nSPS) is 18.1. The first-order valence-corrected chi connectivity index (χ1v) is 13.0. The van der Waals surface area contributed by atoms with E-state index in [0.29, 0.717) is 25.9 Å². The average molecular weight is 567 g/mol. The zero-order valence-electron chi connectivity index (χ0n) is 22.4. The van der Waals surface area contributed by atoms with E-state index in [0.717, 1.165) is 5.56 Å². The lowest BCUT2D eigenvalue weighted by Gasteiger charge is -2.34. The molecule has 0 spiro atoms. The van der Waals surface area contributed by atoms with Crippen LogP contribution < -0.4 is 0 Å². The molecule has 0 saturated carbocycles. The molecule has 40 heavy (non-hydrogen) atoms. The number of aromatic carboxylic acids is 1. The molecular formula is C26H38N4O10. The number of aliphatic carboxylic acids is 4. The van der Waals surface area contributed by atoms with E-state index < -0.39 is 29.8 Å². The van der Waals surface area contributed by atoms with Gasteiger partial charge in [-0.1, -0.05) is 12.1 Å². The smallest absolute Gasteiger partial charge is 0.335 e. The van der Waals surface area contributed by atoms with Crippen LogP contribution in [0.15, 0.2) is 24.3 Å². The van der Waals surface area contributed by atoms with Crippen molar-refractivity contribution < 1.29 is 49.5 Å². The second-order valence-electron chi connectivity index (χ2n) is 10.0. The Morgan fingerprint density at radius 1 is 0.575 bits per heavy atom. The monoisotopic (exact) mass is 566 g/mol. The molecule has 1 heterocycles. The molecule has 222 valence electrons. The van der Waals surface area contributed by atoms with Gasteiger partial charge in [-0.3, -0.25) is 38.8 Å². The Labute approximate surface area is 232 Å². The Hall–Kier alpha value is -3.59. The molecule has 1 aliphatic heterocycles. The van der Waals surface area contributed by atoms with E-state index in [1.54, 1.807) is 31.7 Å². The van der Waals surface area contributed by atoms with E-state index in [2.05, 4.69) is 0 Å². The van der Waals surface area contributed by atoms with Gasteiger partial charge in [0.1, 0.15) is 0 Å². The summed E-state index contributed by atoms with van der Waals surface area (Å²) in [5.74, 6) is -5.50. The number of carboxylic acids is 5. The molecule has 1 aliphatic rings. The molecule has 14 nitrogen and oxygen atoms in total. The van der Waals surface area contributed by atoms with Crippen molar-refractivity contribution in [3.05, 3.63) is 35.4 Å². The summed E-state index contributed by atoms with van der Waals surface area (Å²) in [7, 11) is 0. The van der Waals surface area contributed by atoms with Crippen LogP contribution in [0.5, 0.6) is 0 Å². The van der Waals surface area contributed by atoms with Gasteiger partial charge in [-0.25, -0.2) is 4.79 Å². The van der Waals surface area contributed by atoms with Gasteiger partial charge in [-0.15, -0.1) is 0 Å². The van der Waals surface area contributed by atoms with Crippen molar-refractivity contribution in [3.8, 4) is 0 Å². The maximum absolute atomic E-state index is 11.7. The number of nitrogens with zero attached hydrogens (tertiary/aromatic N) is 4. The van der Waals surface area contributed by atoms with Gasteiger partial charge in [-0.2, -0.15) is 0 Å². The first-order valence-electron chi connectivity index (χ1n) is 13.0. The van der Waals surface area contributed by atoms with Gasteiger partial charge >= 0.3 is 29.8 Å². The Kier molecular flexibility index (Phi) is 13.5. The molecule has 0 radical (unpaired) electrons. The van der Waals surface area contributed by atoms with Gasteiger partial charge in [0.2, 0.25) is 0 Å². The molecule has 1 fully saturated rings. The highest BCUT2D eigenvalue weighted by atomic mass is 16.4. The summed E-state index contributed by atoms with van der Waals surface area (Å²) < 4.78 is 0. The van der Waals surface area contributed by atoms with Crippen LogP contribution in [-0.4, -0.2) is 154 Å². The quantitative estimate of drug-likeness (QED) is 0.229. The molecule has 5 N–H and O–H groups in total. The predicted molar refractivity (Wildman–Crippen MR) is 142 cm³/mol. The highest BCUT2D eigenvalue weighted by molar-refractivity contribution is 5.87. The van der Waals surface area contributed by atoms with Gasteiger partial charge in [0.15, 0.2) is 0 Å². The summed E-state index contributed by atoms with van der Waals surface area (Å²) in [4.78, 5) is 64.2. The Morgan fingerprint density at radius 2 is 0.950 bits per heavy atom. The minimum Gasteiger partial charge on any atom is -0.480 e. The first kappa shape index (κ1) is 32.6. The van der Waals surface area contributed by atoms with Crippen molar-refractivity contribution in [2.24, 2.45) is 5.92 Å². The lowest BCUT2D eigenvalue weighted by Crippen LogP contribution is -2.47. The molecule has 1 aromatic rings. The maximum Gasteiger partial charge on any atom is 0.335 e. The minimum atomic E-state index is -1.07. The van der Waals surface area contributed by atoms with Crippen LogP contribution in [0.1, 0.15) is 22.3 Å². The van der Waals surface area contributed by atoms with Crippen molar-refractivity contribution in [1.82, 2.24) is 19.6 Å². The molecule has 0 atom stereocenters. The van der Waals surface area contributed by atoms with Crippen LogP contribution in [0.3, 0.4) is 0 Å². The van der Waals surface area contributed by atoms with Crippen LogP contribution in [0.4, 0.5) is 0 Å². The summed E-state index contributed by atoms with van der Waals surface area (Å²) in [5.41, 5.74) is 0.911. The first-order chi connectivity index (χ1) is 18.9. The number of carbonyl (C=O) groups is 5. The highest BCUT2D eigenvalue weighted by Gasteiger charge is 2.24. The third kappa shape index (κ3) is 13.0. The zero-order valence-corrected chi connectivity index (χ0v) is 22.4. The molecule has 0 unspecified atom stereocenters. The molecule has 0 bridgehead atoms. The van der Waals surface area contributed by atoms with Crippen LogP contribution >= 0.6 is 0 Å². The van der Waals surface area contributed by atoms with Crippen molar-refractivity contribution in [2.75, 3.05) is 78.5 Å². The SMILES string of the molecule is O=C(O)CN1CCCN(CC(=O)O)CCN(CC(=O)O)CC(Cc2ccc(C(=O)O)cc2)CN(CC(=O)O)CC1. The standard InChI is InChI=1S/C26H38N4O10/c31-22(32)15-27-6-1-7-28(16-23(33)34)9-11-30(18-25(37)38)14-20(13-29(10-8-27)17-24(35)36)12-19-2-4-21(5-3-19)26(39)40/h2-5,20H,1,6-18H2,(H,31,32)(H,33,34)(H,35,36)(H,37,38)(H,39,40). The Morgan fingerprint density at radius 3 is 1.32 bits per heavy atom. The van der Waals surface area contributed by atoms with E-state index in [1.807, 2.05) is 0 Å². The fourth-order valence-electron chi connectivity index (χ4n) is 4.89. The van der Waals surface area contributed by atoms with Crippen LogP contribution in [0.25, 0.3) is 0 Å². The van der Waals surface area contributed by atoms with Gasteiger partial charge in [0.05, 0.1) is 31.7 Å². The van der Waals surface area contributed by atoms with Gasteiger partial charge in [0, 0.05) is 52.4 Å². The molecule has 0 aromatic heterocycles. The number of hydrogen-bond donors (Lipinski definition) is 5. The average Bonchev–Trinajstić information content (AvgIpc) is 2.83. The second kappa shape index (κ2) is 16.5. The summed E-state index contributed by atoms with van der Waals surface area (Å²) in [6, 6.07) is 6.28. The van der Waals surface area contributed by atoms with E-state index in [4.69, 9.17) is 0 Å². The number of hydrogen-bond acceptors (Lipinski definition) is 9. The lowest BCUT2D eigenvalue weighted by molar-refractivity contribution is -0.141.